The molecule has 27 heavy (non-hydrogen) atoms. The van der Waals surface area contributed by atoms with Crippen molar-refractivity contribution in [3.8, 4) is 0 Å². The van der Waals surface area contributed by atoms with Crippen molar-refractivity contribution < 1.29 is 19.1 Å². The third-order valence-corrected chi connectivity index (χ3v) is 4.20. The number of carbonyl (C=O) groups excluding carboxylic acids is 2. The van der Waals surface area contributed by atoms with E-state index >= 15 is 0 Å². The summed E-state index contributed by atoms with van der Waals surface area (Å²) >= 11 is 0. The van der Waals surface area contributed by atoms with E-state index in [4.69, 9.17) is 15.2 Å². The van der Waals surface area contributed by atoms with Crippen LogP contribution in [-0.2, 0) is 9.47 Å². The fourth-order valence-corrected chi connectivity index (χ4v) is 2.81. The summed E-state index contributed by atoms with van der Waals surface area (Å²) in [7, 11) is 0. The van der Waals surface area contributed by atoms with Gasteiger partial charge in [0.05, 0.1) is 0 Å². The van der Waals surface area contributed by atoms with Crippen LogP contribution in [0.5, 0.6) is 0 Å². The molecule has 2 heterocycles. The van der Waals surface area contributed by atoms with Gasteiger partial charge in [0.15, 0.2) is 0 Å². The van der Waals surface area contributed by atoms with E-state index < -0.39 is 5.60 Å². The Morgan fingerprint density at radius 2 is 1.11 bits per heavy atom. The molecule has 158 valence electrons. The van der Waals surface area contributed by atoms with E-state index in [2.05, 4.69) is 0 Å². The third-order valence-electron chi connectivity index (χ3n) is 4.20. The Bertz CT molecular complexity index is 469. The molecule has 2 fully saturated rings. The van der Waals surface area contributed by atoms with Gasteiger partial charge in [-0.05, 0) is 73.6 Å². The number of nitrogens with two attached hydrogens (primary N) is 1. The highest BCUT2D eigenvalue weighted by atomic mass is 16.6. The highest BCUT2D eigenvalue weighted by Crippen LogP contribution is 2.15. The largest absolute Gasteiger partial charge is 0.444 e. The summed E-state index contributed by atoms with van der Waals surface area (Å²) < 4.78 is 10.5. The summed E-state index contributed by atoms with van der Waals surface area (Å²) in [6.45, 7) is 14.5. The summed E-state index contributed by atoms with van der Waals surface area (Å²) in [6.07, 6.45) is 4.83. The van der Waals surface area contributed by atoms with E-state index in [1.807, 2.05) is 41.5 Å². The van der Waals surface area contributed by atoms with Crippen LogP contribution < -0.4 is 5.73 Å². The second-order valence-corrected chi connectivity index (χ2v) is 9.33. The van der Waals surface area contributed by atoms with Gasteiger partial charge in [0.2, 0.25) is 0 Å². The molecule has 2 aliphatic heterocycles. The van der Waals surface area contributed by atoms with E-state index in [0.717, 1.165) is 51.9 Å². The minimum absolute atomic E-state index is 0.160. The minimum atomic E-state index is -0.406. The van der Waals surface area contributed by atoms with Gasteiger partial charge in [-0.25, -0.2) is 9.59 Å². The summed E-state index contributed by atoms with van der Waals surface area (Å²) in [5.74, 6) is 0. The number of nitrogens with zero attached hydrogens (tertiary/aromatic N) is 2. The monoisotopic (exact) mass is 385 g/mol. The van der Waals surface area contributed by atoms with Crippen LogP contribution in [-0.4, -0.2) is 65.4 Å². The van der Waals surface area contributed by atoms with E-state index in [-0.39, 0.29) is 23.8 Å². The van der Waals surface area contributed by atoms with Crippen LogP contribution >= 0.6 is 0 Å². The highest BCUT2D eigenvalue weighted by molar-refractivity contribution is 5.68. The van der Waals surface area contributed by atoms with Crippen molar-refractivity contribution >= 4 is 12.2 Å². The van der Waals surface area contributed by atoms with Crippen molar-refractivity contribution in [1.29, 1.82) is 0 Å². The lowest BCUT2D eigenvalue weighted by Crippen LogP contribution is -2.44. The van der Waals surface area contributed by atoms with Crippen LogP contribution in [0, 0.1) is 0 Å². The third kappa shape index (κ3) is 10.4. The molecule has 0 aromatic heterocycles. The van der Waals surface area contributed by atoms with Crippen molar-refractivity contribution in [3.05, 3.63) is 0 Å². The Balaban J connectivity index is 0.000000271. The first kappa shape index (κ1) is 23.5. The lowest BCUT2D eigenvalue weighted by atomic mass is 10.1. The maximum atomic E-state index is 11.6. The van der Waals surface area contributed by atoms with Gasteiger partial charge in [0.1, 0.15) is 11.2 Å². The summed E-state index contributed by atoms with van der Waals surface area (Å²) in [5.41, 5.74) is 4.97. The van der Waals surface area contributed by atoms with Gasteiger partial charge in [-0.3, -0.25) is 0 Å². The zero-order chi connectivity index (χ0) is 20.7. The van der Waals surface area contributed by atoms with Gasteiger partial charge in [0.25, 0.3) is 0 Å². The number of amides is 2. The van der Waals surface area contributed by atoms with Gasteiger partial charge in [-0.15, -0.1) is 0 Å². The molecule has 2 saturated heterocycles. The van der Waals surface area contributed by atoms with Crippen molar-refractivity contribution in [3.63, 3.8) is 0 Å². The van der Waals surface area contributed by atoms with Crippen LogP contribution in [0.4, 0.5) is 9.59 Å². The number of piperidine rings is 2. The number of hydrogen-bond acceptors (Lipinski definition) is 5. The molecule has 0 atom stereocenters. The van der Waals surface area contributed by atoms with Crippen LogP contribution in [0.2, 0.25) is 0 Å². The molecular formula is C20H39N3O4. The van der Waals surface area contributed by atoms with Gasteiger partial charge < -0.3 is 25.0 Å². The molecule has 0 radical (unpaired) electrons. The first-order valence-electron chi connectivity index (χ1n) is 10.1. The zero-order valence-corrected chi connectivity index (χ0v) is 18.0. The van der Waals surface area contributed by atoms with E-state index in [9.17, 15) is 9.59 Å². The number of rotatable bonds is 0. The van der Waals surface area contributed by atoms with Crippen molar-refractivity contribution in [2.24, 2.45) is 5.73 Å². The topological polar surface area (TPSA) is 85.1 Å². The molecule has 0 unspecified atom stereocenters. The smallest absolute Gasteiger partial charge is 0.410 e. The molecule has 0 aliphatic carbocycles. The summed E-state index contributed by atoms with van der Waals surface area (Å²) in [5, 5.41) is 0. The fraction of sp³-hybridized carbons (Fsp3) is 0.900. The molecule has 0 spiro atoms. The number of hydrogen-bond donors (Lipinski definition) is 1. The Morgan fingerprint density at radius 1 is 0.741 bits per heavy atom. The van der Waals surface area contributed by atoms with Crippen LogP contribution in [0.25, 0.3) is 0 Å². The van der Waals surface area contributed by atoms with E-state index in [1.165, 1.54) is 6.42 Å². The quantitative estimate of drug-likeness (QED) is 0.686. The maximum absolute atomic E-state index is 11.6. The lowest BCUT2D eigenvalue weighted by molar-refractivity contribution is 0.0200. The number of ether oxygens (including phenoxy) is 2. The van der Waals surface area contributed by atoms with Crippen LogP contribution in [0.1, 0.15) is 73.6 Å². The predicted octanol–water partition coefficient (Wildman–Crippen LogP) is 3.75. The molecule has 2 aliphatic rings. The molecule has 0 aromatic carbocycles. The molecule has 7 nitrogen and oxygen atoms in total. The van der Waals surface area contributed by atoms with Gasteiger partial charge in [-0.2, -0.15) is 0 Å². The average Bonchev–Trinajstić information content (AvgIpc) is 2.54. The fourth-order valence-electron chi connectivity index (χ4n) is 2.81. The zero-order valence-electron chi connectivity index (χ0n) is 18.0. The molecule has 7 heteroatoms. The normalized spacial score (nSPS) is 19.1. The van der Waals surface area contributed by atoms with E-state index in [0.29, 0.717) is 0 Å². The molecule has 0 saturated carbocycles. The number of carbonyl (C=O) groups is 2. The molecular weight excluding hydrogens is 346 g/mol. The average molecular weight is 386 g/mol. The predicted molar refractivity (Wildman–Crippen MR) is 107 cm³/mol. The first-order chi connectivity index (χ1) is 12.4. The Kier molecular flexibility index (Phi) is 8.85. The van der Waals surface area contributed by atoms with Gasteiger partial charge in [0, 0.05) is 32.2 Å². The SMILES string of the molecule is CC(C)(C)OC(=O)N1CCC(N)CC1.CC(C)(C)OC(=O)N1CCCCC1. The van der Waals surface area contributed by atoms with E-state index in [1.54, 1.807) is 9.80 Å². The van der Waals surface area contributed by atoms with Gasteiger partial charge >= 0.3 is 12.2 Å². The summed E-state index contributed by atoms with van der Waals surface area (Å²) in [4.78, 5) is 26.6. The van der Waals surface area contributed by atoms with Crippen molar-refractivity contribution in [2.45, 2.75) is 90.9 Å². The summed E-state index contributed by atoms with van der Waals surface area (Å²) in [6, 6.07) is 0.244. The molecule has 0 bridgehead atoms. The van der Waals surface area contributed by atoms with Crippen molar-refractivity contribution in [2.75, 3.05) is 26.2 Å². The molecule has 0 aromatic rings. The molecule has 2 N–H and O–H groups in total. The van der Waals surface area contributed by atoms with Crippen LogP contribution in [0.15, 0.2) is 0 Å². The second-order valence-electron chi connectivity index (χ2n) is 9.33. The van der Waals surface area contributed by atoms with Crippen molar-refractivity contribution in [1.82, 2.24) is 9.80 Å². The highest BCUT2D eigenvalue weighted by Gasteiger charge is 2.25. The maximum Gasteiger partial charge on any atom is 0.410 e. The Hall–Kier alpha value is -1.50. The Morgan fingerprint density at radius 3 is 1.48 bits per heavy atom. The molecule has 2 rings (SSSR count). The van der Waals surface area contributed by atoms with Crippen LogP contribution in [0.3, 0.4) is 0 Å². The second kappa shape index (κ2) is 10.2. The first-order valence-corrected chi connectivity index (χ1v) is 10.1. The standard InChI is InChI=1S/C10H20N2O2.C10H19NO2/c1-10(2,3)14-9(13)12-6-4-8(11)5-7-12;1-10(2,3)13-9(12)11-7-5-4-6-8-11/h8H,4-7,11H2,1-3H3;4-8H2,1-3H3. The Labute approximate surface area is 164 Å². The molecule has 2 amide bonds. The lowest BCUT2D eigenvalue weighted by Gasteiger charge is -2.32. The minimum Gasteiger partial charge on any atom is -0.444 e. The van der Waals surface area contributed by atoms with Gasteiger partial charge in [-0.1, -0.05) is 0 Å². The number of likely N-dealkylation sites (tertiary alicyclic amines) is 2.